The van der Waals surface area contributed by atoms with Crippen LogP contribution in [0.4, 0.5) is 10.5 Å². The van der Waals surface area contributed by atoms with E-state index in [1.54, 1.807) is 20.8 Å². The minimum absolute atomic E-state index is 0.0439. The zero-order valence-electron chi connectivity index (χ0n) is 23.4. The minimum atomic E-state index is -1.19. The number of carbonyl (C=O) groups excluding carboxylic acids is 4. The summed E-state index contributed by atoms with van der Waals surface area (Å²) in [6.45, 7) is 7.16. The number of nitro benzene ring substituents is 1. The van der Waals surface area contributed by atoms with Crippen LogP contribution in [0.3, 0.4) is 0 Å². The summed E-state index contributed by atoms with van der Waals surface area (Å²) in [7, 11) is 1.42. The maximum Gasteiger partial charge on any atom is 0.421 e. The fourth-order valence-corrected chi connectivity index (χ4v) is 4.07. The summed E-state index contributed by atoms with van der Waals surface area (Å²) in [5, 5.41) is 11.5. The van der Waals surface area contributed by atoms with Gasteiger partial charge in [0, 0.05) is 37.1 Å². The quantitative estimate of drug-likeness (QED) is 0.0900. The molecule has 0 radical (unpaired) electrons. The van der Waals surface area contributed by atoms with E-state index in [2.05, 4.69) is 0 Å². The normalized spacial score (nSPS) is 15.2. The molecule has 1 amide bonds. The molecule has 0 aliphatic carbocycles. The molecule has 1 aliphatic heterocycles. The number of amides is 1. The first kappa shape index (κ1) is 32.0. The van der Waals surface area contributed by atoms with E-state index in [1.807, 2.05) is 0 Å². The summed E-state index contributed by atoms with van der Waals surface area (Å²) >= 11 is 0. The van der Waals surface area contributed by atoms with E-state index in [4.69, 9.17) is 23.7 Å². The van der Waals surface area contributed by atoms with Gasteiger partial charge in [-0.15, -0.1) is 0 Å². The fourth-order valence-electron chi connectivity index (χ4n) is 4.07. The fraction of sp³-hybridized carbons (Fsp3) is 0.481. The van der Waals surface area contributed by atoms with E-state index in [1.165, 1.54) is 45.2 Å². The summed E-state index contributed by atoms with van der Waals surface area (Å²) in [5.74, 6) is -3.50. The lowest BCUT2D eigenvalue weighted by atomic mass is 9.79. The Hall–Kier alpha value is -4.26. The largest absolute Gasteiger partial charge is 0.460 e. The van der Waals surface area contributed by atoms with Gasteiger partial charge in [0.1, 0.15) is 6.61 Å². The van der Waals surface area contributed by atoms with Crippen LogP contribution in [0.25, 0.3) is 0 Å². The lowest BCUT2D eigenvalue weighted by Gasteiger charge is -2.36. The van der Waals surface area contributed by atoms with Gasteiger partial charge in [0.25, 0.3) is 5.69 Å². The molecule has 0 bridgehead atoms. The second kappa shape index (κ2) is 14.8. The molecular formula is C27H34N2O11. The van der Waals surface area contributed by atoms with Gasteiger partial charge in [0.2, 0.25) is 6.79 Å². The Morgan fingerprint density at radius 3 is 2.23 bits per heavy atom. The molecule has 1 aromatic carbocycles. The van der Waals surface area contributed by atoms with Crippen molar-refractivity contribution >= 4 is 29.7 Å². The van der Waals surface area contributed by atoms with Crippen molar-refractivity contribution in [2.75, 3.05) is 27.1 Å². The van der Waals surface area contributed by atoms with Crippen molar-refractivity contribution in [3.8, 4) is 0 Å². The van der Waals surface area contributed by atoms with Gasteiger partial charge in [-0.25, -0.2) is 14.4 Å². The number of carbonyl (C=O) groups is 4. The SMILES string of the molecule is CCCC(=O)OCOC(=O)N1C(C)=C(C(=O)OCCOC)C(c2cccc([N+](=O)[O-])c2)C(C(=O)OC(C)C)=C1C. The molecule has 40 heavy (non-hydrogen) atoms. The van der Waals surface area contributed by atoms with Crippen LogP contribution in [0, 0.1) is 10.1 Å². The highest BCUT2D eigenvalue weighted by Gasteiger charge is 2.43. The van der Waals surface area contributed by atoms with Crippen molar-refractivity contribution in [1.29, 1.82) is 0 Å². The van der Waals surface area contributed by atoms with Crippen molar-refractivity contribution in [3.05, 3.63) is 62.5 Å². The van der Waals surface area contributed by atoms with Crippen LogP contribution in [-0.4, -0.2) is 67.0 Å². The van der Waals surface area contributed by atoms with E-state index in [9.17, 15) is 29.3 Å². The summed E-state index contributed by atoms with van der Waals surface area (Å²) in [4.78, 5) is 63.7. The highest BCUT2D eigenvalue weighted by Crippen LogP contribution is 2.44. The number of esters is 3. The van der Waals surface area contributed by atoms with Gasteiger partial charge in [-0.05, 0) is 39.7 Å². The third-order valence-electron chi connectivity index (χ3n) is 5.78. The zero-order chi connectivity index (χ0) is 30.0. The molecule has 1 aromatic rings. The van der Waals surface area contributed by atoms with Crippen LogP contribution in [-0.2, 0) is 38.1 Å². The molecule has 0 fully saturated rings. The average molecular weight is 563 g/mol. The smallest absolute Gasteiger partial charge is 0.421 e. The number of methoxy groups -OCH3 is 1. The third kappa shape index (κ3) is 7.88. The lowest BCUT2D eigenvalue weighted by Crippen LogP contribution is -2.39. The maximum atomic E-state index is 13.4. The summed E-state index contributed by atoms with van der Waals surface area (Å²) in [5.41, 5.74) is -0.215. The van der Waals surface area contributed by atoms with Crippen LogP contribution >= 0.6 is 0 Å². The number of hydrogen-bond acceptors (Lipinski definition) is 11. The molecule has 1 heterocycles. The van der Waals surface area contributed by atoms with Crippen molar-refractivity contribution < 1.29 is 47.8 Å². The molecule has 1 atom stereocenters. The predicted molar refractivity (Wildman–Crippen MR) is 139 cm³/mol. The molecule has 218 valence electrons. The summed E-state index contributed by atoms with van der Waals surface area (Å²) in [6.07, 6.45) is -0.931. The molecule has 2 rings (SSSR count). The van der Waals surface area contributed by atoms with Gasteiger partial charge in [0.15, 0.2) is 0 Å². The van der Waals surface area contributed by atoms with Gasteiger partial charge in [-0.3, -0.25) is 19.8 Å². The Bertz CT molecular complexity index is 1200. The van der Waals surface area contributed by atoms with E-state index in [-0.39, 0.29) is 53.4 Å². The molecule has 13 heteroatoms. The second-order valence-electron chi connectivity index (χ2n) is 9.00. The number of hydrogen-bond donors (Lipinski definition) is 0. The van der Waals surface area contributed by atoms with E-state index < -0.39 is 47.7 Å². The monoisotopic (exact) mass is 562 g/mol. The van der Waals surface area contributed by atoms with Crippen LogP contribution in [0.15, 0.2) is 46.8 Å². The average Bonchev–Trinajstić information content (AvgIpc) is 2.88. The lowest BCUT2D eigenvalue weighted by molar-refractivity contribution is -0.384. The number of allylic oxidation sites excluding steroid dienone is 2. The molecule has 0 saturated heterocycles. The zero-order valence-corrected chi connectivity index (χ0v) is 23.4. The topological polar surface area (TPSA) is 161 Å². The minimum Gasteiger partial charge on any atom is -0.460 e. The van der Waals surface area contributed by atoms with E-state index in [0.717, 1.165) is 4.90 Å². The first-order chi connectivity index (χ1) is 18.9. The Kier molecular flexibility index (Phi) is 11.8. The number of nitro groups is 1. The molecular weight excluding hydrogens is 528 g/mol. The summed E-state index contributed by atoms with van der Waals surface area (Å²) < 4.78 is 25.8. The van der Waals surface area contributed by atoms with Crippen molar-refractivity contribution in [3.63, 3.8) is 0 Å². The number of ether oxygens (including phenoxy) is 5. The number of non-ortho nitro benzene ring substituents is 1. The van der Waals surface area contributed by atoms with Crippen LogP contribution in [0.1, 0.15) is 58.9 Å². The second-order valence-corrected chi connectivity index (χ2v) is 9.00. The molecule has 0 aromatic heterocycles. The van der Waals surface area contributed by atoms with Gasteiger partial charge in [-0.2, -0.15) is 0 Å². The maximum absolute atomic E-state index is 13.4. The van der Waals surface area contributed by atoms with Gasteiger partial charge in [0.05, 0.1) is 34.7 Å². The Morgan fingerprint density at radius 1 is 1.00 bits per heavy atom. The van der Waals surface area contributed by atoms with Crippen molar-refractivity contribution in [2.45, 2.75) is 59.5 Å². The Morgan fingerprint density at radius 2 is 1.65 bits per heavy atom. The molecule has 1 unspecified atom stereocenters. The van der Waals surface area contributed by atoms with Crippen LogP contribution in [0.5, 0.6) is 0 Å². The van der Waals surface area contributed by atoms with Crippen molar-refractivity contribution in [1.82, 2.24) is 4.90 Å². The van der Waals surface area contributed by atoms with Gasteiger partial charge in [-0.1, -0.05) is 19.1 Å². The Labute approximate surface area is 231 Å². The molecule has 0 N–H and O–H groups in total. The number of rotatable bonds is 12. The number of benzene rings is 1. The molecule has 13 nitrogen and oxygen atoms in total. The van der Waals surface area contributed by atoms with Crippen LogP contribution < -0.4 is 0 Å². The highest BCUT2D eigenvalue weighted by molar-refractivity contribution is 6.01. The first-order valence-corrected chi connectivity index (χ1v) is 12.6. The Balaban J connectivity index is 2.70. The predicted octanol–water partition coefficient (Wildman–Crippen LogP) is 4.12. The first-order valence-electron chi connectivity index (χ1n) is 12.6. The molecule has 0 saturated carbocycles. The molecule has 1 aliphatic rings. The van der Waals surface area contributed by atoms with Gasteiger partial charge >= 0.3 is 24.0 Å². The van der Waals surface area contributed by atoms with Crippen molar-refractivity contribution in [2.24, 2.45) is 0 Å². The number of nitrogens with zero attached hydrogens (tertiary/aromatic N) is 2. The standard InChI is InChI=1S/C27H34N2O11/c1-7-9-21(30)38-15-39-27(33)28-17(4)22(25(31)37-13-12-36-6)24(19-10-8-11-20(14-19)29(34)35)23(18(28)5)26(32)40-16(2)3/h8,10-11,14,16,24H,7,9,12-13,15H2,1-6H3. The third-order valence-corrected chi connectivity index (χ3v) is 5.78. The van der Waals surface area contributed by atoms with Crippen LogP contribution in [0.2, 0.25) is 0 Å². The molecule has 0 spiro atoms. The van der Waals surface area contributed by atoms with Gasteiger partial charge < -0.3 is 23.7 Å². The van der Waals surface area contributed by atoms with E-state index in [0.29, 0.717) is 6.42 Å². The summed E-state index contributed by atoms with van der Waals surface area (Å²) in [6, 6.07) is 5.44. The highest BCUT2D eigenvalue weighted by atomic mass is 16.7. The van der Waals surface area contributed by atoms with E-state index >= 15 is 0 Å².